The van der Waals surface area contributed by atoms with Crippen LogP contribution in [0.15, 0.2) is 0 Å². The third kappa shape index (κ3) is 4.46. The van der Waals surface area contributed by atoms with E-state index in [1.807, 2.05) is 0 Å². The zero-order chi connectivity index (χ0) is 14.6. The monoisotopic (exact) mass is 292 g/mol. The van der Waals surface area contributed by atoms with Crippen molar-refractivity contribution in [2.45, 2.75) is 32.2 Å². The molecule has 0 bridgehead atoms. The minimum absolute atomic E-state index is 0.0543. The molecule has 0 spiro atoms. The van der Waals surface area contributed by atoms with Crippen LogP contribution < -0.4 is 5.32 Å². The quantitative estimate of drug-likeness (QED) is 0.695. The molecule has 7 nitrogen and oxygen atoms in total. The minimum Gasteiger partial charge on any atom is -0.481 e. The van der Waals surface area contributed by atoms with E-state index in [1.165, 1.54) is 14.0 Å². The second kappa shape index (κ2) is 6.33. The summed E-state index contributed by atoms with van der Waals surface area (Å²) in [6.45, 7) is 1.28. The molecule has 1 saturated carbocycles. The summed E-state index contributed by atoms with van der Waals surface area (Å²) in [7, 11) is -2.02. The number of carboxylic acids is 1. The van der Waals surface area contributed by atoms with Gasteiger partial charge in [0.25, 0.3) is 0 Å². The van der Waals surface area contributed by atoms with Gasteiger partial charge < -0.3 is 10.4 Å². The highest BCUT2D eigenvalue weighted by Crippen LogP contribution is 2.25. The zero-order valence-electron chi connectivity index (χ0n) is 11.1. The molecule has 1 rings (SSSR count). The summed E-state index contributed by atoms with van der Waals surface area (Å²) in [4.78, 5) is 22.5. The Bertz CT molecular complexity index is 448. The van der Waals surface area contributed by atoms with E-state index in [9.17, 15) is 18.0 Å². The molecule has 110 valence electrons. The summed E-state index contributed by atoms with van der Waals surface area (Å²) in [5, 5.41) is 11.5. The number of carboxylic acid groups (broad SMARTS) is 1. The smallest absolute Gasteiger partial charge is 0.306 e. The first-order valence-corrected chi connectivity index (χ1v) is 7.83. The lowest BCUT2D eigenvalue weighted by Gasteiger charge is -2.18. The van der Waals surface area contributed by atoms with Crippen LogP contribution >= 0.6 is 0 Å². The predicted octanol–water partition coefficient (Wildman–Crippen LogP) is -0.363. The summed E-state index contributed by atoms with van der Waals surface area (Å²) >= 11 is 0. The van der Waals surface area contributed by atoms with Gasteiger partial charge in [-0.15, -0.1) is 0 Å². The normalized spacial score (nSPS) is 23.5. The number of carbonyl (C=O) groups is 2. The van der Waals surface area contributed by atoms with E-state index >= 15 is 0 Å². The zero-order valence-corrected chi connectivity index (χ0v) is 11.9. The van der Waals surface area contributed by atoms with Crippen LogP contribution in [0.5, 0.6) is 0 Å². The Hall–Kier alpha value is -1.15. The Balaban J connectivity index is 2.43. The molecule has 19 heavy (non-hydrogen) atoms. The molecular weight excluding hydrogens is 272 g/mol. The van der Waals surface area contributed by atoms with Gasteiger partial charge in [0.15, 0.2) is 0 Å². The average Bonchev–Trinajstić information content (AvgIpc) is 2.77. The van der Waals surface area contributed by atoms with Gasteiger partial charge in [0.1, 0.15) is 0 Å². The number of carbonyl (C=O) groups excluding carboxylic acids is 1. The van der Waals surface area contributed by atoms with Gasteiger partial charge in [-0.2, -0.15) is 4.31 Å². The Kier molecular flexibility index (Phi) is 5.30. The van der Waals surface area contributed by atoms with Crippen molar-refractivity contribution >= 4 is 21.9 Å². The number of likely N-dealkylation sites (N-methyl/N-ethyl adjacent to an activating group) is 1. The minimum atomic E-state index is -3.37. The van der Waals surface area contributed by atoms with Gasteiger partial charge in [-0.1, -0.05) is 0 Å². The van der Waals surface area contributed by atoms with E-state index in [2.05, 4.69) is 5.32 Å². The summed E-state index contributed by atoms with van der Waals surface area (Å²) in [5.74, 6) is -1.71. The second-order valence-corrected chi connectivity index (χ2v) is 7.13. The van der Waals surface area contributed by atoms with E-state index in [0.29, 0.717) is 19.3 Å². The van der Waals surface area contributed by atoms with Gasteiger partial charge in [0.2, 0.25) is 15.9 Å². The molecule has 0 heterocycles. The Morgan fingerprint density at radius 1 is 1.37 bits per heavy atom. The Morgan fingerprint density at radius 2 is 2.00 bits per heavy atom. The maximum atomic E-state index is 11.7. The van der Waals surface area contributed by atoms with Gasteiger partial charge in [0.05, 0.1) is 18.2 Å². The first-order valence-electron chi connectivity index (χ1n) is 6.22. The summed E-state index contributed by atoms with van der Waals surface area (Å²) in [6.07, 6.45) is 1.57. The van der Waals surface area contributed by atoms with Crippen LogP contribution in [0.2, 0.25) is 0 Å². The van der Waals surface area contributed by atoms with Crippen molar-refractivity contribution in [1.82, 2.24) is 9.62 Å². The van der Waals surface area contributed by atoms with Gasteiger partial charge in [-0.25, -0.2) is 8.42 Å². The number of rotatable bonds is 6. The predicted molar refractivity (Wildman–Crippen MR) is 69.0 cm³/mol. The van der Waals surface area contributed by atoms with Crippen LogP contribution in [0.4, 0.5) is 0 Å². The van der Waals surface area contributed by atoms with Crippen molar-refractivity contribution in [3.05, 3.63) is 0 Å². The van der Waals surface area contributed by atoms with E-state index in [1.54, 1.807) is 0 Å². The van der Waals surface area contributed by atoms with Crippen LogP contribution in [0.25, 0.3) is 0 Å². The molecular formula is C11H20N2O5S. The van der Waals surface area contributed by atoms with E-state index in [0.717, 1.165) is 4.31 Å². The highest BCUT2D eigenvalue weighted by Gasteiger charge is 2.31. The fourth-order valence-electron chi connectivity index (χ4n) is 2.13. The van der Waals surface area contributed by atoms with Crippen molar-refractivity contribution in [3.8, 4) is 0 Å². The molecule has 0 aromatic rings. The summed E-state index contributed by atoms with van der Waals surface area (Å²) in [5.41, 5.74) is 0. The summed E-state index contributed by atoms with van der Waals surface area (Å²) in [6, 6.07) is -0.175. The third-order valence-electron chi connectivity index (χ3n) is 3.35. The van der Waals surface area contributed by atoms with Gasteiger partial charge in [-0.3, -0.25) is 9.59 Å². The van der Waals surface area contributed by atoms with Crippen molar-refractivity contribution < 1.29 is 23.1 Å². The second-order valence-electron chi connectivity index (χ2n) is 4.77. The summed E-state index contributed by atoms with van der Waals surface area (Å²) < 4.78 is 24.0. The Labute approximate surface area is 113 Å². The van der Waals surface area contributed by atoms with Crippen molar-refractivity contribution in [1.29, 1.82) is 0 Å². The molecule has 0 aliphatic heterocycles. The number of aliphatic carboxylic acids is 1. The molecule has 1 fully saturated rings. The maximum absolute atomic E-state index is 11.7. The molecule has 0 unspecified atom stereocenters. The molecule has 1 aliphatic rings. The highest BCUT2D eigenvalue weighted by molar-refractivity contribution is 7.89. The molecule has 8 heteroatoms. The van der Waals surface area contributed by atoms with Crippen LogP contribution in [-0.2, 0) is 19.6 Å². The van der Waals surface area contributed by atoms with Gasteiger partial charge in [0, 0.05) is 13.1 Å². The van der Waals surface area contributed by atoms with E-state index < -0.39 is 27.8 Å². The first kappa shape index (κ1) is 15.9. The van der Waals surface area contributed by atoms with Gasteiger partial charge >= 0.3 is 5.97 Å². The fourth-order valence-corrected chi connectivity index (χ4v) is 2.89. The molecule has 0 saturated heterocycles. The molecule has 1 amide bonds. The number of sulfonamides is 1. The fraction of sp³-hybridized carbons (Fsp3) is 0.818. The Morgan fingerprint density at radius 3 is 2.47 bits per heavy atom. The number of nitrogens with one attached hydrogen (secondary N) is 1. The van der Waals surface area contributed by atoms with Crippen molar-refractivity contribution in [2.24, 2.45) is 5.92 Å². The molecule has 1 aliphatic carbocycles. The first-order chi connectivity index (χ1) is 8.76. The lowest BCUT2D eigenvalue weighted by molar-refractivity contribution is -0.141. The van der Waals surface area contributed by atoms with E-state index in [-0.39, 0.29) is 18.3 Å². The third-order valence-corrected chi connectivity index (χ3v) is 5.16. The standard InChI is InChI=1S/C11H20N2O5S/c1-3-19(17,18)13(2)7-10(14)12-9-5-4-8(6-9)11(15)16/h8-9H,3-7H2,1-2H3,(H,12,14)(H,15,16)/t8-,9+/m1/s1. The highest BCUT2D eigenvalue weighted by atomic mass is 32.2. The van der Waals surface area contributed by atoms with Crippen LogP contribution in [0, 0.1) is 5.92 Å². The van der Waals surface area contributed by atoms with Crippen molar-refractivity contribution in [2.75, 3.05) is 19.3 Å². The van der Waals surface area contributed by atoms with Gasteiger partial charge in [-0.05, 0) is 26.2 Å². The SMILES string of the molecule is CCS(=O)(=O)N(C)CC(=O)N[C@H]1CC[C@@H](C(=O)O)C1. The molecule has 2 N–H and O–H groups in total. The van der Waals surface area contributed by atoms with E-state index in [4.69, 9.17) is 5.11 Å². The number of nitrogens with zero attached hydrogens (tertiary/aromatic N) is 1. The van der Waals surface area contributed by atoms with Crippen molar-refractivity contribution in [3.63, 3.8) is 0 Å². The maximum Gasteiger partial charge on any atom is 0.306 e. The largest absolute Gasteiger partial charge is 0.481 e. The molecule has 0 radical (unpaired) electrons. The average molecular weight is 292 g/mol. The molecule has 2 atom stereocenters. The van der Waals surface area contributed by atoms with Crippen LogP contribution in [-0.4, -0.2) is 55.1 Å². The van der Waals surface area contributed by atoms with Crippen LogP contribution in [0.3, 0.4) is 0 Å². The lowest BCUT2D eigenvalue weighted by Crippen LogP contribution is -2.42. The lowest BCUT2D eigenvalue weighted by atomic mass is 10.1. The van der Waals surface area contributed by atoms with Crippen LogP contribution in [0.1, 0.15) is 26.2 Å². The topological polar surface area (TPSA) is 104 Å². The molecule has 0 aromatic carbocycles. The number of hydrogen-bond acceptors (Lipinski definition) is 4. The number of amides is 1. The molecule has 0 aromatic heterocycles. The number of hydrogen-bond donors (Lipinski definition) is 2.